The van der Waals surface area contributed by atoms with Gasteiger partial charge in [0.2, 0.25) is 0 Å². The van der Waals surface area contributed by atoms with E-state index in [2.05, 4.69) is 19.9 Å². The van der Waals surface area contributed by atoms with Crippen LogP contribution in [-0.4, -0.2) is 7.11 Å². The average Bonchev–Trinajstić information content (AvgIpc) is 2.11. The molecule has 0 radical (unpaired) electrons. The highest BCUT2D eigenvalue weighted by Crippen LogP contribution is 2.09. The fourth-order valence-corrected chi connectivity index (χ4v) is 1.11. The Morgan fingerprint density at radius 1 is 1.17 bits per heavy atom. The summed E-state index contributed by atoms with van der Waals surface area (Å²) in [4.78, 5) is 0. The quantitative estimate of drug-likeness (QED) is 0.416. The summed E-state index contributed by atoms with van der Waals surface area (Å²) in [6.07, 6.45) is 9.54. The molecule has 0 unspecified atom stereocenters. The topological polar surface area (TPSA) is 9.23 Å². The maximum absolute atomic E-state index is 5.26. The third kappa shape index (κ3) is 6.26. The molecule has 1 nitrogen and oxygen atoms in total. The lowest BCUT2D eigenvalue weighted by molar-refractivity contribution is 0.272. The maximum atomic E-state index is 5.26. The molecular formula is C11H22O. The lowest BCUT2D eigenvalue weighted by Crippen LogP contribution is -1.87. The normalized spacial score (nSPS) is 11.8. The number of hydrogen-bond donors (Lipinski definition) is 0. The Morgan fingerprint density at radius 2 is 1.83 bits per heavy atom. The summed E-state index contributed by atoms with van der Waals surface area (Å²) in [5.41, 5.74) is 0. The van der Waals surface area contributed by atoms with Crippen LogP contribution in [0.15, 0.2) is 11.8 Å². The SMILES string of the molecule is CCCC/C=C(\CCCC)OC. The fourth-order valence-electron chi connectivity index (χ4n) is 1.11. The molecule has 0 aliphatic heterocycles. The van der Waals surface area contributed by atoms with E-state index in [1.54, 1.807) is 7.11 Å². The first kappa shape index (κ1) is 11.5. The van der Waals surface area contributed by atoms with Gasteiger partial charge in [-0.05, 0) is 25.3 Å². The number of ether oxygens (including phenoxy) is 1. The second-order valence-corrected chi connectivity index (χ2v) is 3.12. The van der Waals surface area contributed by atoms with Crippen molar-refractivity contribution in [1.82, 2.24) is 0 Å². The summed E-state index contributed by atoms with van der Waals surface area (Å²) in [7, 11) is 1.77. The van der Waals surface area contributed by atoms with E-state index in [9.17, 15) is 0 Å². The number of methoxy groups -OCH3 is 1. The number of unbranched alkanes of at least 4 members (excludes halogenated alkanes) is 3. The molecular weight excluding hydrogens is 148 g/mol. The third-order valence-electron chi connectivity index (χ3n) is 1.97. The van der Waals surface area contributed by atoms with Crippen LogP contribution in [0.1, 0.15) is 52.4 Å². The first-order chi connectivity index (χ1) is 5.85. The Bertz CT molecular complexity index is 116. The first-order valence-corrected chi connectivity index (χ1v) is 5.08. The van der Waals surface area contributed by atoms with E-state index in [1.807, 2.05) is 0 Å². The van der Waals surface area contributed by atoms with Crippen molar-refractivity contribution in [3.05, 3.63) is 11.8 Å². The van der Waals surface area contributed by atoms with Gasteiger partial charge in [0.1, 0.15) is 0 Å². The van der Waals surface area contributed by atoms with Gasteiger partial charge in [-0.2, -0.15) is 0 Å². The van der Waals surface area contributed by atoms with Gasteiger partial charge in [-0.25, -0.2) is 0 Å². The van der Waals surface area contributed by atoms with Crippen LogP contribution in [-0.2, 0) is 4.74 Å². The van der Waals surface area contributed by atoms with Crippen molar-refractivity contribution in [1.29, 1.82) is 0 Å². The molecule has 1 heteroatoms. The van der Waals surface area contributed by atoms with Crippen molar-refractivity contribution in [3.8, 4) is 0 Å². The zero-order valence-electron chi connectivity index (χ0n) is 8.73. The highest BCUT2D eigenvalue weighted by molar-refractivity contribution is 4.92. The van der Waals surface area contributed by atoms with Gasteiger partial charge in [0.15, 0.2) is 0 Å². The van der Waals surface area contributed by atoms with Crippen LogP contribution < -0.4 is 0 Å². The van der Waals surface area contributed by atoms with E-state index in [0.717, 1.165) is 6.42 Å². The molecule has 0 aromatic rings. The van der Waals surface area contributed by atoms with Crippen LogP contribution >= 0.6 is 0 Å². The standard InChI is InChI=1S/C11H22O/c1-4-6-8-10-11(12-3)9-7-5-2/h10H,4-9H2,1-3H3/b11-10+. The zero-order chi connectivity index (χ0) is 9.23. The van der Waals surface area contributed by atoms with Crippen LogP contribution in [0.5, 0.6) is 0 Å². The van der Waals surface area contributed by atoms with Gasteiger partial charge in [-0.3, -0.25) is 0 Å². The first-order valence-electron chi connectivity index (χ1n) is 5.08. The summed E-state index contributed by atoms with van der Waals surface area (Å²) >= 11 is 0. The van der Waals surface area contributed by atoms with Crippen molar-refractivity contribution in [2.75, 3.05) is 7.11 Å². The zero-order valence-corrected chi connectivity index (χ0v) is 8.73. The molecule has 0 bridgehead atoms. The second-order valence-electron chi connectivity index (χ2n) is 3.12. The summed E-state index contributed by atoms with van der Waals surface area (Å²) in [6, 6.07) is 0. The molecule has 0 saturated carbocycles. The summed E-state index contributed by atoms with van der Waals surface area (Å²) in [5.74, 6) is 1.17. The van der Waals surface area contributed by atoms with Crippen LogP contribution in [0.2, 0.25) is 0 Å². The van der Waals surface area contributed by atoms with E-state index in [-0.39, 0.29) is 0 Å². The molecule has 0 atom stereocenters. The molecule has 0 aromatic heterocycles. The lowest BCUT2D eigenvalue weighted by atomic mass is 10.2. The van der Waals surface area contributed by atoms with Crippen LogP contribution in [0, 0.1) is 0 Å². The maximum Gasteiger partial charge on any atom is 0.0915 e. The van der Waals surface area contributed by atoms with Gasteiger partial charge >= 0.3 is 0 Å². The molecule has 72 valence electrons. The predicted octanol–water partition coefficient (Wildman–Crippen LogP) is 3.90. The number of rotatable bonds is 7. The Labute approximate surface area is 76.8 Å². The Hall–Kier alpha value is -0.460. The van der Waals surface area contributed by atoms with E-state index in [1.165, 1.54) is 37.9 Å². The van der Waals surface area contributed by atoms with E-state index in [4.69, 9.17) is 4.74 Å². The van der Waals surface area contributed by atoms with Gasteiger partial charge in [0, 0.05) is 6.42 Å². The largest absolute Gasteiger partial charge is 0.501 e. The molecule has 0 rings (SSSR count). The summed E-state index contributed by atoms with van der Waals surface area (Å²) < 4.78 is 5.26. The Balaban J connectivity index is 3.55. The van der Waals surface area contributed by atoms with Crippen molar-refractivity contribution in [3.63, 3.8) is 0 Å². The highest BCUT2D eigenvalue weighted by Gasteiger charge is 1.93. The molecule has 0 N–H and O–H groups in total. The molecule has 0 saturated heterocycles. The van der Waals surface area contributed by atoms with Crippen molar-refractivity contribution in [2.45, 2.75) is 52.4 Å². The molecule has 0 fully saturated rings. The monoisotopic (exact) mass is 170 g/mol. The minimum atomic E-state index is 1.11. The molecule has 0 aliphatic carbocycles. The number of allylic oxidation sites excluding steroid dienone is 2. The number of hydrogen-bond acceptors (Lipinski definition) is 1. The van der Waals surface area contributed by atoms with E-state index in [0.29, 0.717) is 0 Å². The smallest absolute Gasteiger partial charge is 0.0915 e. The Kier molecular flexibility index (Phi) is 8.30. The Morgan fingerprint density at radius 3 is 2.33 bits per heavy atom. The van der Waals surface area contributed by atoms with Crippen LogP contribution in [0.4, 0.5) is 0 Å². The van der Waals surface area contributed by atoms with Crippen molar-refractivity contribution in [2.24, 2.45) is 0 Å². The highest BCUT2D eigenvalue weighted by atomic mass is 16.5. The second kappa shape index (κ2) is 8.63. The molecule has 0 aromatic carbocycles. The summed E-state index contributed by atoms with van der Waals surface area (Å²) in [6.45, 7) is 4.42. The van der Waals surface area contributed by atoms with Gasteiger partial charge in [0.25, 0.3) is 0 Å². The van der Waals surface area contributed by atoms with E-state index >= 15 is 0 Å². The van der Waals surface area contributed by atoms with Gasteiger partial charge in [-0.1, -0.05) is 26.7 Å². The minimum absolute atomic E-state index is 1.11. The van der Waals surface area contributed by atoms with Crippen molar-refractivity contribution >= 4 is 0 Å². The summed E-state index contributed by atoms with van der Waals surface area (Å²) in [5, 5.41) is 0. The van der Waals surface area contributed by atoms with Gasteiger partial charge in [-0.15, -0.1) is 0 Å². The molecule has 0 amide bonds. The average molecular weight is 170 g/mol. The molecule has 0 aliphatic rings. The molecule has 12 heavy (non-hydrogen) atoms. The van der Waals surface area contributed by atoms with Crippen LogP contribution in [0.3, 0.4) is 0 Å². The molecule has 0 heterocycles. The van der Waals surface area contributed by atoms with Gasteiger partial charge in [0.05, 0.1) is 12.9 Å². The molecule has 0 spiro atoms. The minimum Gasteiger partial charge on any atom is -0.501 e. The van der Waals surface area contributed by atoms with Crippen LogP contribution in [0.25, 0.3) is 0 Å². The fraction of sp³-hybridized carbons (Fsp3) is 0.818. The van der Waals surface area contributed by atoms with Crippen molar-refractivity contribution < 1.29 is 4.74 Å². The lowest BCUT2D eigenvalue weighted by Gasteiger charge is -2.04. The van der Waals surface area contributed by atoms with Gasteiger partial charge < -0.3 is 4.74 Å². The van der Waals surface area contributed by atoms with E-state index < -0.39 is 0 Å². The predicted molar refractivity (Wildman–Crippen MR) is 54.1 cm³/mol. The third-order valence-corrected chi connectivity index (χ3v) is 1.97.